The van der Waals surface area contributed by atoms with Crippen molar-refractivity contribution in [2.75, 3.05) is 4.90 Å². The summed E-state index contributed by atoms with van der Waals surface area (Å²) < 4.78 is 0. The smallest absolute Gasteiger partial charge is 0.268 e. The zero-order valence-corrected chi connectivity index (χ0v) is 11.1. The van der Waals surface area contributed by atoms with Crippen molar-refractivity contribution >= 4 is 34.9 Å². The molecule has 1 aromatic heterocycles. The number of fused-ring (bicyclic) bond motifs is 1. The van der Waals surface area contributed by atoms with E-state index in [2.05, 4.69) is 4.98 Å². The van der Waals surface area contributed by atoms with Gasteiger partial charge in [0, 0.05) is 29.4 Å². The summed E-state index contributed by atoms with van der Waals surface area (Å²) in [6.45, 7) is 0. The number of hydrogen-bond acceptors (Lipinski definition) is 5. The van der Waals surface area contributed by atoms with E-state index in [1.165, 1.54) is 30.5 Å². The molecule has 3 rings (SSSR count). The molecule has 2 amide bonds. The Bertz CT molecular complexity index is 806. The number of rotatable bonds is 2. The maximum absolute atomic E-state index is 12.3. The van der Waals surface area contributed by atoms with E-state index < -0.39 is 16.7 Å². The Balaban J connectivity index is 2.10. The van der Waals surface area contributed by atoms with Crippen LogP contribution in [0, 0.1) is 10.1 Å². The SMILES string of the molecule is O=C1c2ccc([N+](=O)[O-])cc2C(=O)N1c1cc(Cl)ccn1. The Hall–Kier alpha value is -2.80. The maximum Gasteiger partial charge on any atom is 0.270 e. The standard InChI is InChI=1S/C13H6ClN3O4/c14-7-3-4-15-11(5-7)16-12(18)9-2-1-8(17(20)21)6-10(9)13(16)19/h1-6H. The molecule has 2 heterocycles. The van der Waals surface area contributed by atoms with Gasteiger partial charge >= 0.3 is 0 Å². The third kappa shape index (κ3) is 2.03. The summed E-state index contributed by atoms with van der Waals surface area (Å²) in [5.74, 6) is -1.16. The molecule has 104 valence electrons. The van der Waals surface area contributed by atoms with Gasteiger partial charge in [0.1, 0.15) is 5.82 Å². The number of imide groups is 1. The van der Waals surface area contributed by atoms with E-state index in [0.717, 1.165) is 11.0 Å². The fraction of sp³-hybridized carbons (Fsp3) is 0. The molecule has 0 saturated heterocycles. The van der Waals surface area contributed by atoms with Gasteiger partial charge < -0.3 is 0 Å². The Morgan fingerprint density at radius 2 is 1.81 bits per heavy atom. The van der Waals surface area contributed by atoms with Gasteiger partial charge in [-0.25, -0.2) is 9.88 Å². The number of aromatic nitrogens is 1. The predicted molar refractivity (Wildman–Crippen MR) is 73.5 cm³/mol. The van der Waals surface area contributed by atoms with Crippen LogP contribution in [0.3, 0.4) is 0 Å². The number of amides is 2. The second kappa shape index (κ2) is 4.64. The molecule has 0 fully saturated rings. The molecule has 8 heteroatoms. The van der Waals surface area contributed by atoms with Crippen LogP contribution < -0.4 is 4.90 Å². The molecule has 1 aliphatic heterocycles. The van der Waals surface area contributed by atoms with Crippen LogP contribution in [0.15, 0.2) is 36.5 Å². The monoisotopic (exact) mass is 303 g/mol. The molecule has 7 nitrogen and oxygen atoms in total. The number of nitrogens with zero attached hydrogens (tertiary/aromatic N) is 3. The number of hydrogen-bond donors (Lipinski definition) is 0. The largest absolute Gasteiger partial charge is 0.270 e. The number of halogens is 1. The fourth-order valence-corrected chi connectivity index (χ4v) is 2.22. The summed E-state index contributed by atoms with van der Waals surface area (Å²) in [6.07, 6.45) is 1.36. The number of benzene rings is 1. The average Bonchev–Trinajstić information content (AvgIpc) is 2.70. The van der Waals surface area contributed by atoms with E-state index >= 15 is 0 Å². The van der Waals surface area contributed by atoms with E-state index in [-0.39, 0.29) is 22.6 Å². The topological polar surface area (TPSA) is 93.4 Å². The molecular formula is C13H6ClN3O4. The number of non-ortho nitro benzene ring substituents is 1. The maximum atomic E-state index is 12.3. The van der Waals surface area contributed by atoms with Crippen LogP contribution in [-0.4, -0.2) is 21.7 Å². The molecule has 0 N–H and O–H groups in total. The van der Waals surface area contributed by atoms with Crippen LogP contribution in [0.1, 0.15) is 20.7 Å². The average molecular weight is 304 g/mol. The molecule has 1 aromatic carbocycles. The molecule has 0 atom stereocenters. The fourth-order valence-electron chi connectivity index (χ4n) is 2.07. The zero-order valence-electron chi connectivity index (χ0n) is 10.3. The molecule has 21 heavy (non-hydrogen) atoms. The second-order valence-electron chi connectivity index (χ2n) is 4.26. The second-order valence-corrected chi connectivity index (χ2v) is 4.70. The van der Waals surface area contributed by atoms with E-state index in [0.29, 0.717) is 5.02 Å². The summed E-state index contributed by atoms with van der Waals surface area (Å²) in [5, 5.41) is 11.1. The quantitative estimate of drug-likeness (QED) is 0.482. The van der Waals surface area contributed by atoms with E-state index in [1.54, 1.807) is 0 Å². The molecule has 0 aliphatic carbocycles. The number of nitro benzene ring substituents is 1. The van der Waals surface area contributed by atoms with Crippen LogP contribution in [-0.2, 0) is 0 Å². The summed E-state index contributed by atoms with van der Waals surface area (Å²) >= 11 is 5.82. The molecule has 0 radical (unpaired) electrons. The van der Waals surface area contributed by atoms with Crippen molar-refractivity contribution in [3.63, 3.8) is 0 Å². The lowest BCUT2D eigenvalue weighted by Gasteiger charge is -2.12. The van der Waals surface area contributed by atoms with Crippen LogP contribution in [0.25, 0.3) is 0 Å². The minimum Gasteiger partial charge on any atom is -0.268 e. The van der Waals surface area contributed by atoms with Gasteiger partial charge in [-0.3, -0.25) is 19.7 Å². The molecule has 0 bridgehead atoms. The first-order valence-electron chi connectivity index (χ1n) is 5.78. The first kappa shape index (κ1) is 13.2. The van der Waals surface area contributed by atoms with Crippen LogP contribution in [0.5, 0.6) is 0 Å². The molecular weight excluding hydrogens is 298 g/mol. The lowest BCUT2D eigenvalue weighted by Crippen LogP contribution is -2.30. The number of carbonyl (C=O) groups is 2. The summed E-state index contributed by atoms with van der Waals surface area (Å²) in [5.41, 5.74) is -0.167. The summed E-state index contributed by atoms with van der Waals surface area (Å²) in [7, 11) is 0. The minimum atomic E-state index is -0.659. The first-order chi connectivity index (χ1) is 9.99. The molecule has 0 spiro atoms. The number of anilines is 1. The zero-order chi connectivity index (χ0) is 15.1. The van der Waals surface area contributed by atoms with Crippen molar-refractivity contribution in [1.82, 2.24) is 4.98 Å². The summed E-state index contributed by atoms with van der Waals surface area (Å²) in [6, 6.07) is 6.41. The van der Waals surface area contributed by atoms with Crippen LogP contribution >= 0.6 is 11.6 Å². The van der Waals surface area contributed by atoms with E-state index in [1.807, 2.05) is 0 Å². The normalized spacial score (nSPS) is 13.5. The third-order valence-corrected chi connectivity index (χ3v) is 3.25. The Kier molecular flexibility index (Phi) is 2.91. The van der Waals surface area contributed by atoms with Gasteiger partial charge in [0.2, 0.25) is 0 Å². The highest BCUT2D eigenvalue weighted by molar-refractivity contribution is 6.35. The highest BCUT2D eigenvalue weighted by Gasteiger charge is 2.38. The van der Waals surface area contributed by atoms with Gasteiger partial charge in [-0.1, -0.05) is 11.6 Å². The van der Waals surface area contributed by atoms with Gasteiger partial charge in [-0.05, 0) is 12.1 Å². The molecule has 0 saturated carbocycles. The lowest BCUT2D eigenvalue weighted by atomic mass is 10.1. The Morgan fingerprint density at radius 1 is 1.10 bits per heavy atom. The number of nitro groups is 1. The molecule has 2 aromatic rings. The van der Waals surface area contributed by atoms with Crippen molar-refractivity contribution in [3.8, 4) is 0 Å². The first-order valence-corrected chi connectivity index (χ1v) is 6.15. The highest BCUT2D eigenvalue weighted by atomic mass is 35.5. The van der Waals surface area contributed by atoms with E-state index in [4.69, 9.17) is 11.6 Å². The van der Waals surface area contributed by atoms with Gasteiger partial charge in [0.25, 0.3) is 17.5 Å². The molecule has 1 aliphatic rings. The van der Waals surface area contributed by atoms with Crippen molar-refractivity contribution in [2.45, 2.75) is 0 Å². The van der Waals surface area contributed by atoms with E-state index in [9.17, 15) is 19.7 Å². The van der Waals surface area contributed by atoms with Gasteiger partial charge in [-0.2, -0.15) is 0 Å². The van der Waals surface area contributed by atoms with Gasteiger partial charge in [-0.15, -0.1) is 0 Å². The van der Waals surface area contributed by atoms with Crippen molar-refractivity contribution in [3.05, 3.63) is 62.8 Å². The van der Waals surface area contributed by atoms with Crippen LogP contribution in [0.4, 0.5) is 11.5 Å². The molecule has 0 unspecified atom stereocenters. The van der Waals surface area contributed by atoms with Gasteiger partial charge in [0.15, 0.2) is 0 Å². The summed E-state index contributed by atoms with van der Waals surface area (Å²) in [4.78, 5) is 39.4. The number of pyridine rings is 1. The Morgan fingerprint density at radius 3 is 2.48 bits per heavy atom. The van der Waals surface area contributed by atoms with Gasteiger partial charge in [0.05, 0.1) is 16.1 Å². The van der Waals surface area contributed by atoms with Crippen molar-refractivity contribution < 1.29 is 14.5 Å². The third-order valence-electron chi connectivity index (χ3n) is 3.02. The van der Waals surface area contributed by atoms with Crippen molar-refractivity contribution in [1.29, 1.82) is 0 Å². The lowest BCUT2D eigenvalue weighted by molar-refractivity contribution is -0.384. The van der Waals surface area contributed by atoms with Crippen LogP contribution in [0.2, 0.25) is 5.02 Å². The van der Waals surface area contributed by atoms with Crippen molar-refractivity contribution in [2.24, 2.45) is 0 Å². The predicted octanol–water partition coefficient (Wildman–Crippen LogP) is 2.44. The Labute approximate surface area is 122 Å². The number of carbonyl (C=O) groups excluding carboxylic acids is 2. The minimum absolute atomic E-state index is 0.0176. The highest BCUT2D eigenvalue weighted by Crippen LogP contribution is 2.30.